The number of carbonyl (C=O) groups is 3. The monoisotopic (exact) mass is 306 g/mol. The van der Waals surface area contributed by atoms with Crippen LogP contribution in [0.3, 0.4) is 0 Å². The van der Waals surface area contributed by atoms with E-state index in [1.165, 1.54) is 6.92 Å². The molecule has 1 aromatic rings. The van der Waals surface area contributed by atoms with Crippen molar-refractivity contribution in [3.05, 3.63) is 23.8 Å². The Morgan fingerprint density at radius 2 is 1.86 bits per heavy atom. The van der Waals surface area contributed by atoms with E-state index in [0.29, 0.717) is 30.0 Å². The lowest BCUT2D eigenvalue weighted by Crippen LogP contribution is -2.28. The first-order chi connectivity index (χ1) is 10.5. The summed E-state index contributed by atoms with van der Waals surface area (Å²) in [5.41, 5.74) is 0.868. The third-order valence-corrected chi connectivity index (χ3v) is 2.85. The molecule has 120 valence electrons. The third-order valence-electron chi connectivity index (χ3n) is 2.85. The van der Waals surface area contributed by atoms with Crippen molar-refractivity contribution >= 4 is 23.3 Å². The van der Waals surface area contributed by atoms with Crippen molar-refractivity contribution in [3.8, 4) is 5.75 Å². The van der Waals surface area contributed by atoms with Crippen molar-refractivity contribution in [1.29, 1.82) is 0 Å². The quantitative estimate of drug-likeness (QED) is 0.721. The van der Waals surface area contributed by atoms with Gasteiger partial charge in [0.1, 0.15) is 5.75 Å². The summed E-state index contributed by atoms with van der Waals surface area (Å²) in [6.45, 7) is 5.50. The zero-order valence-corrected chi connectivity index (χ0v) is 13.2. The Morgan fingerprint density at radius 1 is 1.14 bits per heavy atom. The minimum Gasteiger partial charge on any atom is -0.483 e. The summed E-state index contributed by atoms with van der Waals surface area (Å²) in [5.74, 6) is -0.227. The number of anilines is 1. The molecule has 0 atom stereocenters. The number of ether oxygens (including phenoxy) is 1. The molecule has 2 amide bonds. The predicted octanol–water partition coefficient (Wildman–Crippen LogP) is 2.14. The molecule has 0 unspecified atom stereocenters. The molecular formula is C16H22N2O4. The molecule has 0 saturated heterocycles. The number of Topliss-reactive ketones (excluding diaryl/α,β-unsaturated/α-hetero) is 1. The van der Waals surface area contributed by atoms with E-state index in [2.05, 4.69) is 10.6 Å². The first-order valence-electron chi connectivity index (χ1n) is 7.32. The van der Waals surface area contributed by atoms with Gasteiger partial charge in [-0.2, -0.15) is 0 Å². The first-order valence-corrected chi connectivity index (χ1v) is 7.32. The maximum Gasteiger partial charge on any atom is 0.257 e. The van der Waals surface area contributed by atoms with Gasteiger partial charge in [-0.3, -0.25) is 14.4 Å². The molecule has 22 heavy (non-hydrogen) atoms. The summed E-state index contributed by atoms with van der Waals surface area (Å²) >= 11 is 0. The van der Waals surface area contributed by atoms with E-state index in [1.54, 1.807) is 18.2 Å². The lowest BCUT2D eigenvalue weighted by molar-refractivity contribution is -0.123. The van der Waals surface area contributed by atoms with Crippen molar-refractivity contribution in [3.63, 3.8) is 0 Å². The summed E-state index contributed by atoms with van der Waals surface area (Å²) in [4.78, 5) is 34.7. The van der Waals surface area contributed by atoms with E-state index in [0.717, 1.165) is 6.42 Å². The summed E-state index contributed by atoms with van der Waals surface area (Å²) in [6, 6.07) is 4.79. The number of carbonyl (C=O) groups excluding carboxylic acids is 3. The molecule has 0 radical (unpaired) electrons. The SMILES string of the molecule is CCCC(=O)Nc1ccc(OCC(=O)NCC)c(C(C)=O)c1. The Hall–Kier alpha value is -2.37. The number of ketones is 1. The molecular weight excluding hydrogens is 284 g/mol. The minimum absolute atomic E-state index is 0.104. The van der Waals surface area contributed by atoms with Gasteiger partial charge in [0.2, 0.25) is 5.91 Å². The molecule has 0 aliphatic rings. The largest absolute Gasteiger partial charge is 0.483 e. The Labute approximate surface area is 130 Å². The van der Waals surface area contributed by atoms with Gasteiger partial charge in [0.05, 0.1) is 5.56 Å². The van der Waals surface area contributed by atoms with Crippen LogP contribution in [0.2, 0.25) is 0 Å². The molecule has 1 rings (SSSR count). The van der Waals surface area contributed by atoms with Crippen LogP contribution in [-0.2, 0) is 9.59 Å². The number of rotatable bonds is 8. The van der Waals surface area contributed by atoms with Gasteiger partial charge in [0.25, 0.3) is 5.91 Å². The van der Waals surface area contributed by atoms with Crippen LogP contribution in [0.25, 0.3) is 0 Å². The summed E-state index contributed by atoms with van der Waals surface area (Å²) in [6.07, 6.45) is 1.17. The van der Waals surface area contributed by atoms with Gasteiger partial charge in [-0.1, -0.05) is 6.92 Å². The highest BCUT2D eigenvalue weighted by Gasteiger charge is 2.12. The van der Waals surface area contributed by atoms with Crippen molar-refractivity contribution in [2.24, 2.45) is 0 Å². The van der Waals surface area contributed by atoms with E-state index in [4.69, 9.17) is 4.74 Å². The standard InChI is InChI=1S/C16H22N2O4/c1-4-6-15(20)18-12-7-8-14(13(9-12)11(3)19)22-10-16(21)17-5-2/h7-9H,4-6,10H2,1-3H3,(H,17,21)(H,18,20). The van der Waals surface area contributed by atoms with E-state index in [-0.39, 0.29) is 24.2 Å². The second kappa shape index (κ2) is 8.81. The van der Waals surface area contributed by atoms with Crippen LogP contribution in [-0.4, -0.2) is 30.7 Å². The molecule has 0 aliphatic carbocycles. The minimum atomic E-state index is -0.252. The normalized spacial score (nSPS) is 9.95. The van der Waals surface area contributed by atoms with E-state index in [1.807, 2.05) is 13.8 Å². The molecule has 6 heteroatoms. The summed E-state index contributed by atoms with van der Waals surface area (Å²) < 4.78 is 5.37. The number of hydrogen-bond donors (Lipinski definition) is 2. The van der Waals surface area contributed by atoms with Crippen LogP contribution in [0.4, 0.5) is 5.69 Å². The van der Waals surface area contributed by atoms with Crippen LogP contribution in [0.1, 0.15) is 44.0 Å². The molecule has 2 N–H and O–H groups in total. The first kappa shape index (κ1) is 17.7. The highest BCUT2D eigenvalue weighted by atomic mass is 16.5. The molecule has 0 saturated carbocycles. The smallest absolute Gasteiger partial charge is 0.257 e. The van der Waals surface area contributed by atoms with E-state index < -0.39 is 0 Å². The van der Waals surface area contributed by atoms with Gasteiger partial charge >= 0.3 is 0 Å². The molecule has 0 heterocycles. The van der Waals surface area contributed by atoms with E-state index >= 15 is 0 Å². The molecule has 0 spiro atoms. The fourth-order valence-electron chi connectivity index (χ4n) is 1.85. The van der Waals surface area contributed by atoms with E-state index in [9.17, 15) is 14.4 Å². The van der Waals surface area contributed by atoms with Gasteiger partial charge in [0, 0.05) is 18.7 Å². The van der Waals surface area contributed by atoms with Gasteiger partial charge in [-0.05, 0) is 38.5 Å². The van der Waals surface area contributed by atoms with Gasteiger partial charge in [-0.15, -0.1) is 0 Å². The fourth-order valence-corrected chi connectivity index (χ4v) is 1.85. The van der Waals surface area contributed by atoms with Crippen LogP contribution in [0.5, 0.6) is 5.75 Å². The molecule has 0 bridgehead atoms. The van der Waals surface area contributed by atoms with Crippen LogP contribution in [0, 0.1) is 0 Å². The summed E-state index contributed by atoms with van der Waals surface area (Å²) in [5, 5.41) is 5.33. The fraction of sp³-hybridized carbons (Fsp3) is 0.438. The van der Waals surface area contributed by atoms with Gasteiger partial charge < -0.3 is 15.4 Å². The highest BCUT2D eigenvalue weighted by Crippen LogP contribution is 2.23. The maximum absolute atomic E-state index is 11.7. The Morgan fingerprint density at radius 3 is 2.45 bits per heavy atom. The summed E-state index contributed by atoms with van der Waals surface area (Å²) in [7, 11) is 0. The van der Waals surface area contributed by atoms with Crippen LogP contribution in [0.15, 0.2) is 18.2 Å². The van der Waals surface area contributed by atoms with Crippen LogP contribution < -0.4 is 15.4 Å². The van der Waals surface area contributed by atoms with Gasteiger partial charge in [0.15, 0.2) is 12.4 Å². The second-order valence-electron chi connectivity index (χ2n) is 4.81. The average Bonchev–Trinajstić information content (AvgIpc) is 2.46. The third kappa shape index (κ3) is 5.55. The lowest BCUT2D eigenvalue weighted by atomic mass is 10.1. The maximum atomic E-state index is 11.7. The molecule has 1 aromatic carbocycles. The average molecular weight is 306 g/mol. The number of amides is 2. The second-order valence-corrected chi connectivity index (χ2v) is 4.81. The molecule has 0 aromatic heterocycles. The van der Waals surface area contributed by atoms with Crippen molar-refractivity contribution in [1.82, 2.24) is 5.32 Å². The lowest BCUT2D eigenvalue weighted by Gasteiger charge is -2.12. The van der Waals surface area contributed by atoms with Crippen molar-refractivity contribution < 1.29 is 19.1 Å². The zero-order valence-electron chi connectivity index (χ0n) is 13.2. The number of benzene rings is 1. The van der Waals surface area contributed by atoms with Crippen LogP contribution >= 0.6 is 0 Å². The van der Waals surface area contributed by atoms with Gasteiger partial charge in [-0.25, -0.2) is 0 Å². The topological polar surface area (TPSA) is 84.5 Å². The molecule has 0 fully saturated rings. The Bertz CT molecular complexity index is 555. The number of hydrogen-bond acceptors (Lipinski definition) is 4. The highest BCUT2D eigenvalue weighted by molar-refractivity contribution is 5.99. The molecule has 6 nitrogen and oxygen atoms in total. The van der Waals surface area contributed by atoms with Crippen molar-refractivity contribution in [2.75, 3.05) is 18.5 Å². The molecule has 0 aliphatic heterocycles. The number of likely N-dealkylation sites (N-methyl/N-ethyl adjacent to an activating group) is 1. The Kier molecular flexibility index (Phi) is 7.08. The van der Waals surface area contributed by atoms with Crippen molar-refractivity contribution in [2.45, 2.75) is 33.6 Å². The Balaban J connectivity index is 2.84. The number of nitrogens with one attached hydrogen (secondary N) is 2. The zero-order chi connectivity index (χ0) is 16.5. The predicted molar refractivity (Wildman–Crippen MR) is 84.2 cm³/mol.